The van der Waals surface area contributed by atoms with Crippen LogP contribution in [-0.2, 0) is 4.79 Å². The Kier molecular flexibility index (Phi) is 5.04. The van der Waals surface area contributed by atoms with Crippen molar-refractivity contribution in [2.24, 2.45) is 5.41 Å². The monoisotopic (exact) mass is 252 g/mol. The Morgan fingerprint density at radius 3 is 2.17 bits per heavy atom. The van der Waals surface area contributed by atoms with Gasteiger partial charge in [-0.15, -0.1) is 0 Å². The molecule has 104 valence electrons. The van der Waals surface area contributed by atoms with E-state index in [4.69, 9.17) is 0 Å². The van der Waals surface area contributed by atoms with Crippen LogP contribution in [0.3, 0.4) is 0 Å². The predicted octanol–water partition coefficient (Wildman–Crippen LogP) is 2.56. The highest BCUT2D eigenvalue weighted by molar-refractivity contribution is 5.83. The van der Waals surface area contributed by atoms with Crippen LogP contribution in [0.4, 0.5) is 0 Å². The fourth-order valence-corrected chi connectivity index (χ4v) is 3.41. The van der Waals surface area contributed by atoms with Gasteiger partial charge in [-0.25, -0.2) is 0 Å². The van der Waals surface area contributed by atoms with Crippen LogP contribution in [-0.4, -0.2) is 37.0 Å². The van der Waals surface area contributed by atoms with Crippen LogP contribution < -0.4 is 5.32 Å². The molecule has 0 saturated carbocycles. The molecule has 2 saturated heterocycles. The maximum absolute atomic E-state index is 12.9. The van der Waals surface area contributed by atoms with Crippen LogP contribution in [0, 0.1) is 5.41 Å². The van der Waals surface area contributed by atoms with Gasteiger partial charge in [-0.2, -0.15) is 0 Å². The maximum atomic E-state index is 12.9. The summed E-state index contributed by atoms with van der Waals surface area (Å²) in [5, 5.41) is 3.38. The largest absolute Gasteiger partial charge is 0.342 e. The molecule has 0 aliphatic carbocycles. The summed E-state index contributed by atoms with van der Waals surface area (Å²) >= 11 is 0. The SMILES string of the molecule is CCC1(C(=O)N2CCCCCCC2)CCNCC1. The lowest BCUT2D eigenvalue weighted by Gasteiger charge is -2.40. The zero-order valence-electron chi connectivity index (χ0n) is 11.8. The first-order chi connectivity index (χ1) is 8.78. The lowest BCUT2D eigenvalue weighted by atomic mass is 9.75. The smallest absolute Gasteiger partial charge is 0.228 e. The van der Waals surface area contributed by atoms with Crippen molar-refractivity contribution in [3.63, 3.8) is 0 Å². The zero-order valence-corrected chi connectivity index (χ0v) is 11.8. The fourth-order valence-electron chi connectivity index (χ4n) is 3.41. The molecule has 0 unspecified atom stereocenters. The molecular weight excluding hydrogens is 224 g/mol. The van der Waals surface area contributed by atoms with E-state index in [0.717, 1.165) is 45.4 Å². The van der Waals surface area contributed by atoms with Crippen molar-refractivity contribution >= 4 is 5.91 Å². The molecule has 0 aromatic carbocycles. The van der Waals surface area contributed by atoms with Crippen LogP contribution in [0.2, 0.25) is 0 Å². The summed E-state index contributed by atoms with van der Waals surface area (Å²) in [6.07, 6.45) is 9.40. The summed E-state index contributed by atoms with van der Waals surface area (Å²) < 4.78 is 0. The molecule has 0 spiro atoms. The number of rotatable bonds is 2. The predicted molar refractivity (Wildman–Crippen MR) is 74.5 cm³/mol. The van der Waals surface area contributed by atoms with Crippen LogP contribution in [0.25, 0.3) is 0 Å². The van der Waals surface area contributed by atoms with Gasteiger partial charge >= 0.3 is 0 Å². The third kappa shape index (κ3) is 3.05. The van der Waals surface area contributed by atoms with E-state index >= 15 is 0 Å². The number of piperidine rings is 1. The van der Waals surface area contributed by atoms with E-state index in [0.29, 0.717) is 5.91 Å². The third-order valence-corrected chi connectivity index (χ3v) is 4.83. The van der Waals surface area contributed by atoms with Crippen LogP contribution in [0.15, 0.2) is 0 Å². The number of nitrogens with one attached hydrogen (secondary N) is 1. The van der Waals surface area contributed by atoms with Gasteiger partial charge in [-0.05, 0) is 45.2 Å². The molecule has 0 radical (unpaired) electrons. The molecule has 1 N–H and O–H groups in total. The van der Waals surface area contributed by atoms with E-state index in [1.807, 2.05) is 0 Å². The minimum absolute atomic E-state index is 0.0511. The minimum Gasteiger partial charge on any atom is -0.342 e. The van der Waals surface area contributed by atoms with E-state index in [2.05, 4.69) is 17.1 Å². The molecule has 2 rings (SSSR count). The summed E-state index contributed by atoms with van der Waals surface area (Å²) in [7, 11) is 0. The lowest BCUT2D eigenvalue weighted by molar-refractivity contribution is -0.144. The first kappa shape index (κ1) is 13.9. The highest BCUT2D eigenvalue weighted by Gasteiger charge is 2.40. The zero-order chi connectivity index (χ0) is 12.8. The van der Waals surface area contributed by atoms with Gasteiger partial charge in [0, 0.05) is 13.1 Å². The Hall–Kier alpha value is -0.570. The summed E-state index contributed by atoms with van der Waals surface area (Å²) in [5.74, 6) is 0.452. The summed E-state index contributed by atoms with van der Waals surface area (Å²) in [4.78, 5) is 15.0. The topological polar surface area (TPSA) is 32.3 Å². The molecule has 0 aromatic rings. The number of hydrogen-bond acceptors (Lipinski definition) is 2. The molecule has 18 heavy (non-hydrogen) atoms. The number of nitrogens with zero attached hydrogens (tertiary/aromatic N) is 1. The number of hydrogen-bond donors (Lipinski definition) is 1. The highest BCUT2D eigenvalue weighted by Crippen LogP contribution is 2.35. The molecule has 1 amide bonds. The Labute approximate surface area is 111 Å². The van der Waals surface area contributed by atoms with Gasteiger partial charge in [0.2, 0.25) is 5.91 Å². The quantitative estimate of drug-likeness (QED) is 0.819. The standard InChI is InChI=1S/C15H28N2O/c1-2-15(8-10-16-11-9-15)14(18)17-12-6-4-3-5-7-13-17/h16H,2-13H2,1H3. The van der Waals surface area contributed by atoms with Crippen LogP contribution >= 0.6 is 0 Å². The van der Waals surface area contributed by atoms with Crippen LogP contribution in [0.1, 0.15) is 58.3 Å². The van der Waals surface area contributed by atoms with Crippen LogP contribution in [0.5, 0.6) is 0 Å². The average molecular weight is 252 g/mol. The van der Waals surface area contributed by atoms with Gasteiger partial charge in [0.15, 0.2) is 0 Å². The highest BCUT2D eigenvalue weighted by atomic mass is 16.2. The van der Waals surface area contributed by atoms with Crippen molar-refractivity contribution < 1.29 is 4.79 Å². The van der Waals surface area contributed by atoms with Crippen molar-refractivity contribution in [2.75, 3.05) is 26.2 Å². The molecule has 2 aliphatic rings. The van der Waals surface area contributed by atoms with Gasteiger partial charge < -0.3 is 10.2 Å². The van der Waals surface area contributed by atoms with Gasteiger partial charge in [-0.1, -0.05) is 26.2 Å². The molecule has 2 aliphatic heterocycles. The summed E-state index contributed by atoms with van der Waals surface area (Å²) in [6.45, 7) is 6.19. The van der Waals surface area contributed by atoms with Crippen molar-refractivity contribution in [2.45, 2.75) is 58.3 Å². The van der Waals surface area contributed by atoms with Gasteiger partial charge in [-0.3, -0.25) is 4.79 Å². The molecule has 0 aromatic heterocycles. The lowest BCUT2D eigenvalue weighted by Crippen LogP contribution is -2.49. The third-order valence-electron chi connectivity index (χ3n) is 4.83. The number of amides is 1. The molecule has 0 bridgehead atoms. The Morgan fingerprint density at radius 1 is 1.06 bits per heavy atom. The van der Waals surface area contributed by atoms with Crippen molar-refractivity contribution in [3.05, 3.63) is 0 Å². The maximum Gasteiger partial charge on any atom is 0.228 e. The van der Waals surface area contributed by atoms with Gasteiger partial charge in [0.05, 0.1) is 5.41 Å². The first-order valence-electron chi connectivity index (χ1n) is 7.79. The molecule has 2 fully saturated rings. The van der Waals surface area contributed by atoms with E-state index in [9.17, 15) is 4.79 Å². The number of carbonyl (C=O) groups is 1. The Bertz CT molecular complexity index is 264. The van der Waals surface area contributed by atoms with Crippen molar-refractivity contribution in [1.29, 1.82) is 0 Å². The van der Waals surface area contributed by atoms with Crippen molar-refractivity contribution in [3.8, 4) is 0 Å². The van der Waals surface area contributed by atoms with E-state index in [-0.39, 0.29) is 5.41 Å². The second-order valence-corrected chi connectivity index (χ2v) is 5.94. The molecule has 3 heteroatoms. The normalized spacial score (nSPS) is 25.3. The number of carbonyl (C=O) groups excluding carboxylic acids is 1. The van der Waals surface area contributed by atoms with E-state index in [1.54, 1.807) is 0 Å². The van der Waals surface area contributed by atoms with Gasteiger partial charge in [0.25, 0.3) is 0 Å². The van der Waals surface area contributed by atoms with E-state index in [1.165, 1.54) is 32.1 Å². The minimum atomic E-state index is -0.0511. The number of likely N-dealkylation sites (tertiary alicyclic amines) is 1. The Morgan fingerprint density at radius 2 is 1.61 bits per heavy atom. The molecule has 2 heterocycles. The summed E-state index contributed by atoms with van der Waals surface area (Å²) in [5.41, 5.74) is -0.0511. The fraction of sp³-hybridized carbons (Fsp3) is 0.933. The molecular formula is C15H28N2O. The second-order valence-electron chi connectivity index (χ2n) is 5.94. The molecule has 3 nitrogen and oxygen atoms in total. The van der Waals surface area contributed by atoms with Gasteiger partial charge in [0.1, 0.15) is 0 Å². The average Bonchev–Trinajstić information content (AvgIpc) is 2.38. The van der Waals surface area contributed by atoms with E-state index < -0.39 is 0 Å². The molecule has 0 atom stereocenters. The second kappa shape index (κ2) is 6.55. The van der Waals surface area contributed by atoms with Crippen molar-refractivity contribution in [1.82, 2.24) is 10.2 Å². The first-order valence-corrected chi connectivity index (χ1v) is 7.79. The Balaban J connectivity index is 2.02. The summed E-state index contributed by atoms with van der Waals surface area (Å²) in [6, 6.07) is 0.